The Morgan fingerprint density at radius 3 is 2.43 bits per heavy atom. The zero-order valence-electron chi connectivity index (χ0n) is 18.0. The topological polar surface area (TPSA) is 81.8 Å². The molecular formula is C24H15F4N5O2. The molecule has 11 heteroatoms. The molecule has 5 rings (SSSR count). The summed E-state index contributed by atoms with van der Waals surface area (Å²) >= 11 is 0. The number of nitrogens with one attached hydrogen (secondary N) is 1. The third-order valence-electron chi connectivity index (χ3n) is 5.70. The number of rotatable bonds is 4. The number of imidazole rings is 1. The summed E-state index contributed by atoms with van der Waals surface area (Å²) in [5, 5.41) is 2.95. The lowest BCUT2D eigenvalue weighted by Crippen LogP contribution is -2.21. The third-order valence-corrected chi connectivity index (χ3v) is 5.70. The highest BCUT2D eigenvalue weighted by Crippen LogP contribution is 2.34. The van der Waals surface area contributed by atoms with Gasteiger partial charge >= 0.3 is 11.9 Å². The lowest BCUT2D eigenvalue weighted by molar-refractivity contribution is -0.140. The van der Waals surface area contributed by atoms with E-state index in [0.29, 0.717) is 57.4 Å². The van der Waals surface area contributed by atoms with Crippen molar-refractivity contribution in [1.82, 2.24) is 19.1 Å². The number of fused-ring (bicyclic) bond motifs is 3. The summed E-state index contributed by atoms with van der Waals surface area (Å²) in [6.07, 6.45) is -1.41. The van der Waals surface area contributed by atoms with E-state index in [1.807, 2.05) is 0 Å². The minimum Gasteiger partial charge on any atom is -0.313 e. The van der Waals surface area contributed by atoms with Gasteiger partial charge in [0.2, 0.25) is 6.41 Å². The highest BCUT2D eigenvalue weighted by molar-refractivity contribution is 6.04. The number of aryl methyl sites for hydroxylation is 1. The van der Waals surface area contributed by atoms with Gasteiger partial charge in [-0.25, -0.2) is 14.2 Å². The first-order chi connectivity index (χ1) is 16.7. The molecule has 1 amide bonds. The fourth-order valence-electron chi connectivity index (χ4n) is 4.00. The summed E-state index contributed by atoms with van der Waals surface area (Å²) in [5.41, 5.74) is 0.432. The van der Waals surface area contributed by atoms with Crippen LogP contribution in [0.3, 0.4) is 0 Å². The minimum atomic E-state index is -4.93. The van der Waals surface area contributed by atoms with E-state index >= 15 is 0 Å². The second kappa shape index (κ2) is 8.05. The maximum absolute atomic E-state index is 13.9. The van der Waals surface area contributed by atoms with E-state index in [9.17, 15) is 27.2 Å². The molecule has 0 saturated heterocycles. The zero-order chi connectivity index (χ0) is 24.9. The Labute approximate surface area is 194 Å². The first kappa shape index (κ1) is 22.3. The minimum absolute atomic E-state index is 0.127. The lowest BCUT2D eigenvalue weighted by Gasteiger charge is -2.12. The average Bonchev–Trinajstić information content (AvgIpc) is 3.09. The van der Waals surface area contributed by atoms with Gasteiger partial charge in [0, 0.05) is 24.2 Å². The number of carbonyl (C=O) groups excluding carboxylic acids is 1. The van der Waals surface area contributed by atoms with Gasteiger partial charge in [0.15, 0.2) is 0 Å². The molecule has 5 aromatic rings. The van der Waals surface area contributed by atoms with Gasteiger partial charge in [0.05, 0.1) is 34.0 Å². The SMILES string of the molecule is Cn1c(=O)n(-c2ccc(F)c(C(F)(F)F)c2)c2c3cc(-c4ccc(NC=O)nc4)ccc3ncc21. The van der Waals surface area contributed by atoms with Crippen LogP contribution in [0.2, 0.25) is 0 Å². The summed E-state index contributed by atoms with van der Waals surface area (Å²) < 4.78 is 56.4. The Morgan fingerprint density at radius 2 is 1.74 bits per heavy atom. The summed E-state index contributed by atoms with van der Waals surface area (Å²) in [6.45, 7) is 0. The van der Waals surface area contributed by atoms with Crippen molar-refractivity contribution in [3.05, 3.63) is 82.8 Å². The molecule has 1 N–H and O–H groups in total. The molecule has 0 atom stereocenters. The molecule has 3 aromatic heterocycles. The molecule has 176 valence electrons. The van der Waals surface area contributed by atoms with Crippen molar-refractivity contribution in [2.45, 2.75) is 6.18 Å². The van der Waals surface area contributed by atoms with Gasteiger partial charge in [-0.15, -0.1) is 0 Å². The smallest absolute Gasteiger partial charge is 0.313 e. The van der Waals surface area contributed by atoms with Gasteiger partial charge in [-0.3, -0.25) is 18.9 Å². The van der Waals surface area contributed by atoms with Gasteiger partial charge in [0.25, 0.3) is 0 Å². The molecule has 7 nitrogen and oxygen atoms in total. The number of anilines is 1. The molecular weight excluding hydrogens is 466 g/mol. The Bertz CT molecular complexity index is 1670. The quantitative estimate of drug-likeness (QED) is 0.299. The molecule has 3 heterocycles. The largest absolute Gasteiger partial charge is 0.419 e. The maximum Gasteiger partial charge on any atom is 0.419 e. The van der Waals surface area contributed by atoms with Crippen molar-refractivity contribution in [3.63, 3.8) is 0 Å². The standard InChI is InChI=1S/C24H15F4N5O2/c1-32-20-11-29-19-6-2-13(14-3-7-21(30-10-14)31-12-34)8-16(19)22(20)33(23(32)35)15-4-5-18(25)17(9-15)24(26,27)28/h2-12H,1H3,(H,30,31,34). The molecule has 35 heavy (non-hydrogen) atoms. The van der Waals surface area contributed by atoms with E-state index in [2.05, 4.69) is 15.3 Å². The number of nitrogens with zero attached hydrogens (tertiary/aromatic N) is 4. The average molecular weight is 481 g/mol. The number of halogens is 4. The molecule has 0 radical (unpaired) electrons. The zero-order valence-corrected chi connectivity index (χ0v) is 18.0. The first-order valence-corrected chi connectivity index (χ1v) is 10.2. The maximum atomic E-state index is 13.9. The highest BCUT2D eigenvalue weighted by Gasteiger charge is 2.34. The molecule has 0 fully saturated rings. The number of pyridine rings is 2. The second-order valence-corrected chi connectivity index (χ2v) is 7.76. The number of amides is 1. The molecule has 0 saturated carbocycles. The van der Waals surface area contributed by atoms with Crippen LogP contribution in [0.5, 0.6) is 0 Å². The van der Waals surface area contributed by atoms with Gasteiger partial charge in [-0.2, -0.15) is 13.2 Å². The van der Waals surface area contributed by atoms with E-state index in [1.54, 1.807) is 36.5 Å². The molecule has 0 bridgehead atoms. The molecule has 0 aliphatic heterocycles. The van der Waals surface area contributed by atoms with E-state index in [4.69, 9.17) is 0 Å². The second-order valence-electron chi connectivity index (χ2n) is 7.76. The summed E-state index contributed by atoms with van der Waals surface area (Å²) in [6, 6.07) is 11.0. The van der Waals surface area contributed by atoms with Crippen molar-refractivity contribution in [3.8, 4) is 16.8 Å². The van der Waals surface area contributed by atoms with Crippen LogP contribution in [0.1, 0.15) is 5.56 Å². The normalized spacial score (nSPS) is 11.8. The van der Waals surface area contributed by atoms with E-state index in [1.165, 1.54) is 17.8 Å². The summed E-state index contributed by atoms with van der Waals surface area (Å²) in [5.74, 6) is -1.06. The monoisotopic (exact) mass is 481 g/mol. The van der Waals surface area contributed by atoms with Crippen LogP contribution in [-0.4, -0.2) is 25.5 Å². The summed E-state index contributed by atoms with van der Waals surface area (Å²) in [4.78, 5) is 32.2. The van der Waals surface area contributed by atoms with E-state index in [-0.39, 0.29) is 5.69 Å². The number of hydrogen-bond acceptors (Lipinski definition) is 4. The van der Waals surface area contributed by atoms with E-state index < -0.39 is 23.2 Å². The number of benzene rings is 2. The molecule has 2 aromatic carbocycles. The van der Waals surface area contributed by atoms with Crippen molar-refractivity contribution in [2.75, 3.05) is 5.32 Å². The van der Waals surface area contributed by atoms with Crippen LogP contribution < -0.4 is 11.0 Å². The number of hydrogen-bond donors (Lipinski definition) is 1. The van der Waals surface area contributed by atoms with Gasteiger partial charge in [-0.05, 0) is 48.0 Å². The van der Waals surface area contributed by atoms with Gasteiger partial charge < -0.3 is 5.32 Å². The van der Waals surface area contributed by atoms with Crippen LogP contribution >= 0.6 is 0 Å². The van der Waals surface area contributed by atoms with Crippen molar-refractivity contribution in [2.24, 2.45) is 7.05 Å². The van der Waals surface area contributed by atoms with Gasteiger partial charge in [0.1, 0.15) is 11.6 Å². The molecule has 0 unspecified atom stereocenters. The molecule has 0 spiro atoms. The third kappa shape index (κ3) is 3.70. The Hall–Kier alpha value is -4.54. The van der Waals surface area contributed by atoms with Gasteiger partial charge in [-0.1, -0.05) is 6.07 Å². The Morgan fingerprint density at radius 1 is 0.971 bits per heavy atom. The Kier molecular flexibility index (Phi) is 5.12. The van der Waals surface area contributed by atoms with Crippen LogP contribution in [-0.2, 0) is 18.0 Å². The first-order valence-electron chi connectivity index (χ1n) is 10.2. The molecule has 0 aliphatic carbocycles. The van der Waals surface area contributed by atoms with Crippen molar-refractivity contribution in [1.29, 1.82) is 0 Å². The van der Waals surface area contributed by atoms with Crippen molar-refractivity contribution < 1.29 is 22.4 Å². The molecule has 0 aliphatic rings. The Balaban J connectivity index is 1.78. The van der Waals surface area contributed by atoms with E-state index in [0.717, 1.165) is 10.6 Å². The fraction of sp³-hybridized carbons (Fsp3) is 0.0833. The number of carbonyl (C=O) groups is 1. The van der Waals surface area contributed by atoms with Crippen LogP contribution in [0.4, 0.5) is 23.4 Å². The van der Waals surface area contributed by atoms with Crippen LogP contribution in [0.25, 0.3) is 38.8 Å². The van der Waals surface area contributed by atoms with Crippen LogP contribution in [0.15, 0.2) is 65.7 Å². The highest BCUT2D eigenvalue weighted by atomic mass is 19.4. The summed E-state index contributed by atoms with van der Waals surface area (Å²) in [7, 11) is 1.48. The predicted octanol–water partition coefficient (Wildman–Crippen LogP) is 4.67. The number of aromatic nitrogens is 4. The number of alkyl halides is 3. The lowest BCUT2D eigenvalue weighted by atomic mass is 10.0. The van der Waals surface area contributed by atoms with Crippen LogP contribution in [0, 0.1) is 5.82 Å². The fourth-order valence-corrected chi connectivity index (χ4v) is 4.00. The van der Waals surface area contributed by atoms with Crippen molar-refractivity contribution >= 4 is 34.2 Å². The predicted molar refractivity (Wildman–Crippen MR) is 122 cm³/mol.